The Bertz CT molecular complexity index is 674. The second-order valence-electron chi connectivity index (χ2n) is 6.05. The van der Waals surface area contributed by atoms with Gasteiger partial charge in [0, 0.05) is 24.6 Å². The van der Waals surface area contributed by atoms with E-state index in [1.165, 1.54) is 12.3 Å². The summed E-state index contributed by atoms with van der Waals surface area (Å²) >= 11 is 0. The molecular weight excluding hydrogens is 299 g/mol. The minimum Gasteiger partial charge on any atom is -0.348 e. The van der Waals surface area contributed by atoms with Crippen LogP contribution >= 0.6 is 0 Å². The van der Waals surface area contributed by atoms with Crippen LogP contribution in [0.15, 0.2) is 30.1 Å². The summed E-state index contributed by atoms with van der Waals surface area (Å²) in [5.41, 5.74) is 3.93. The van der Waals surface area contributed by atoms with E-state index >= 15 is 0 Å². The van der Waals surface area contributed by atoms with Crippen LogP contribution in [-0.4, -0.2) is 29.6 Å². The molecule has 3 aliphatic rings. The molecule has 1 aromatic rings. The van der Waals surface area contributed by atoms with E-state index in [1.54, 1.807) is 6.07 Å². The molecule has 1 saturated carbocycles. The number of allylic oxidation sites excluding steroid dienone is 1. The van der Waals surface area contributed by atoms with Gasteiger partial charge in [-0.05, 0) is 37.0 Å². The van der Waals surface area contributed by atoms with Crippen molar-refractivity contribution in [3.63, 3.8) is 0 Å². The zero-order valence-electron chi connectivity index (χ0n) is 12.6. The van der Waals surface area contributed by atoms with Crippen molar-refractivity contribution in [2.24, 2.45) is 0 Å². The van der Waals surface area contributed by atoms with Gasteiger partial charge in [0.05, 0.1) is 13.2 Å². The van der Waals surface area contributed by atoms with Gasteiger partial charge in [-0.3, -0.25) is 10.3 Å². The molecule has 0 aromatic carbocycles. The highest BCUT2D eigenvalue weighted by Crippen LogP contribution is 2.43. The summed E-state index contributed by atoms with van der Waals surface area (Å²) in [5.74, 6) is 5.03. The number of nitrogens with one attached hydrogen (secondary N) is 1. The van der Waals surface area contributed by atoms with Crippen LogP contribution < -0.4 is 5.48 Å². The maximum atomic E-state index is 12.8. The van der Waals surface area contributed by atoms with Crippen LogP contribution in [-0.2, 0) is 14.3 Å². The summed E-state index contributed by atoms with van der Waals surface area (Å²) in [6.45, 7) is 1.34. The van der Waals surface area contributed by atoms with Gasteiger partial charge in [-0.25, -0.2) is 4.98 Å². The van der Waals surface area contributed by atoms with E-state index in [-0.39, 0.29) is 5.60 Å². The lowest BCUT2D eigenvalue weighted by Crippen LogP contribution is -2.43. The van der Waals surface area contributed by atoms with Crippen molar-refractivity contribution in [2.45, 2.75) is 37.1 Å². The largest absolute Gasteiger partial charge is 0.348 e. The third-order valence-electron chi connectivity index (χ3n) is 4.51. The lowest BCUT2D eigenvalue weighted by molar-refractivity contribution is -0.205. The predicted molar refractivity (Wildman–Crippen MR) is 79.2 cm³/mol. The van der Waals surface area contributed by atoms with Crippen molar-refractivity contribution < 1.29 is 18.7 Å². The van der Waals surface area contributed by atoms with Crippen LogP contribution in [0.4, 0.5) is 4.39 Å². The van der Waals surface area contributed by atoms with Gasteiger partial charge in [-0.15, -0.1) is 0 Å². The SMILES string of the molecule is Fc1ccc(C#CC2=CC3(CCC4(CC3)OCCO4)ON2)cn1. The monoisotopic (exact) mass is 316 g/mol. The van der Waals surface area contributed by atoms with Gasteiger partial charge in [0.25, 0.3) is 0 Å². The molecule has 2 spiro atoms. The van der Waals surface area contributed by atoms with E-state index in [4.69, 9.17) is 14.3 Å². The number of aromatic nitrogens is 1. The summed E-state index contributed by atoms with van der Waals surface area (Å²) in [6.07, 6.45) is 6.71. The molecule has 0 atom stereocenters. The number of hydrogen-bond acceptors (Lipinski definition) is 5. The number of halogens is 1. The summed E-state index contributed by atoms with van der Waals surface area (Å²) < 4.78 is 24.3. The summed E-state index contributed by atoms with van der Waals surface area (Å²) in [5, 5.41) is 0. The first-order valence-electron chi connectivity index (χ1n) is 7.76. The number of ether oxygens (including phenoxy) is 2. The van der Waals surface area contributed by atoms with Gasteiger partial charge in [-0.1, -0.05) is 5.92 Å². The first kappa shape index (κ1) is 14.6. The molecule has 4 rings (SSSR count). The zero-order chi connectivity index (χ0) is 15.8. The topological polar surface area (TPSA) is 52.6 Å². The number of hydrogen-bond donors (Lipinski definition) is 1. The van der Waals surface area contributed by atoms with Crippen molar-refractivity contribution in [1.82, 2.24) is 10.5 Å². The molecule has 0 amide bonds. The number of nitrogens with zero attached hydrogens (tertiary/aromatic N) is 1. The van der Waals surface area contributed by atoms with Crippen molar-refractivity contribution >= 4 is 0 Å². The number of rotatable bonds is 0. The minimum atomic E-state index is -0.511. The molecule has 1 aromatic heterocycles. The second-order valence-corrected chi connectivity index (χ2v) is 6.05. The Hall–Kier alpha value is -1.94. The van der Waals surface area contributed by atoms with Crippen LogP contribution in [0.3, 0.4) is 0 Å². The highest BCUT2D eigenvalue weighted by Gasteiger charge is 2.48. The quantitative estimate of drug-likeness (QED) is 0.586. The molecule has 1 aliphatic carbocycles. The fourth-order valence-corrected chi connectivity index (χ4v) is 3.22. The normalized spacial score (nSPS) is 24.1. The first-order valence-corrected chi connectivity index (χ1v) is 7.76. The fraction of sp³-hybridized carbons (Fsp3) is 0.471. The third-order valence-corrected chi connectivity index (χ3v) is 4.51. The van der Waals surface area contributed by atoms with Gasteiger partial charge in [0.2, 0.25) is 5.95 Å². The van der Waals surface area contributed by atoms with Gasteiger partial charge in [-0.2, -0.15) is 4.39 Å². The van der Waals surface area contributed by atoms with Gasteiger partial charge < -0.3 is 9.47 Å². The van der Waals surface area contributed by atoms with Gasteiger partial charge in [0.1, 0.15) is 11.3 Å². The molecule has 0 radical (unpaired) electrons. The van der Waals surface area contributed by atoms with Crippen LogP contribution in [0.1, 0.15) is 31.2 Å². The van der Waals surface area contributed by atoms with Crippen molar-refractivity contribution in [3.05, 3.63) is 41.6 Å². The molecule has 0 bridgehead atoms. The minimum absolute atomic E-state index is 0.342. The summed E-state index contributed by atoms with van der Waals surface area (Å²) in [7, 11) is 0. The number of pyridine rings is 1. The average molecular weight is 316 g/mol. The summed E-state index contributed by atoms with van der Waals surface area (Å²) in [4.78, 5) is 9.35. The molecule has 6 heteroatoms. The van der Waals surface area contributed by atoms with E-state index < -0.39 is 11.7 Å². The van der Waals surface area contributed by atoms with Gasteiger partial charge in [0.15, 0.2) is 5.79 Å². The molecule has 1 N–H and O–H groups in total. The Morgan fingerprint density at radius 2 is 1.87 bits per heavy atom. The van der Waals surface area contributed by atoms with Crippen molar-refractivity contribution in [1.29, 1.82) is 0 Å². The molecule has 0 unspecified atom stereocenters. The molecule has 1 saturated heterocycles. The van der Waals surface area contributed by atoms with E-state index in [0.717, 1.165) is 31.4 Å². The molecule has 120 valence electrons. The average Bonchev–Trinajstić information content (AvgIpc) is 3.18. The third kappa shape index (κ3) is 2.95. The Morgan fingerprint density at radius 3 is 2.57 bits per heavy atom. The standard InChI is InChI=1S/C17H17FN2O3/c18-15-4-2-13(12-19-15)1-3-14-11-16(23-20-14)5-7-17(8-6-16)21-9-10-22-17/h2,4,11-12,20H,5-10H2. The van der Waals surface area contributed by atoms with Crippen LogP contribution in [0.2, 0.25) is 0 Å². The Labute approximate surface area is 133 Å². The predicted octanol–water partition coefficient (Wildman–Crippen LogP) is 2.05. The maximum absolute atomic E-state index is 12.8. The van der Waals surface area contributed by atoms with Crippen LogP contribution in [0, 0.1) is 17.8 Å². The second kappa shape index (κ2) is 5.60. The van der Waals surface area contributed by atoms with E-state index in [0.29, 0.717) is 18.8 Å². The van der Waals surface area contributed by atoms with Gasteiger partial charge >= 0.3 is 0 Å². The van der Waals surface area contributed by atoms with E-state index in [2.05, 4.69) is 22.3 Å². The molecule has 5 nitrogen and oxygen atoms in total. The van der Waals surface area contributed by atoms with Crippen molar-refractivity contribution in [3.8, 4) is 11.8 Å². The lowest BCUT2D eigenvalue weighted by Gasteiger charge is -2.39. The molecule has 2 fully saturated rings. The molecular formula is C17H17FN2O3. The highest BCUT2D eigenvalue weighted by atomic mass is 19.1. The molecule has 3 heterocycles. The van der Waals surface area contributed by atoms with Crippen LogP contribution in [0.25, 0.3) is 0 Å². The van der Waals surface area contributed by atoms with Crippen molar-refractivity contribution in [2.75, 3.05) is 13.2 Å². The lowest BCUT2D eigenvalue weighted by atomic mass is 9.81. The number of hydroxylamine groups is 1. The van der Waals surface area contributed by atoms with Crippen LogP contribution in [0.5, 0.6) is 0 Å². The first-order chi connectivity index (χ1) is 11.2. The Kier molecular flexibility index (Phi) is 3.57. The zero-order valence-corrected chi connectivity index (χ0v) is 12.6. The molecule has 2 aliphatic heterocycles. The Morgan fingerprint density at radius 1 is 1.09 bits per heavy atom. The maximum Gasteiger partial charge on any atom is 0.212 e. The smallest absolute Gasteiger partial charge is 0.212 e. The summed E-state index contributed by atoms with van der Waals surface area (Å²) in [6, 6.07) is 2.89. The fourth-order valence-electron chi connectivity index (χ4n) is 3.22. The molecule has 23 heavy (non-hydrogen) atoms. The van der Waals surface area contributed by atoms with E-state index in [1.807, 2.05) is 6.08 Å². The van der Waals surface area contributed by atoms with E-state index in [9.17, 15) is 4.39 Å². The Balaban J connectivity index is 1.44. The highest BCUT2D eigenvalue weighted by molar-refractivity contribution is 5.40.